The third kappa shape index (κ3) is 2.80. The molecule has 0 spiro atoms. The molecule has 1 unspecified atom stereocenters. The van der Waals surface area contributed by atoms with Crippen LogP contribution in [-0.4, -0.2) is 12.6 Å². The van der Waals surface area contributed by atoms with Crippen LogP contribution in [0.15, 0.2) is 59.2 Å². The average Bonchev–Trinajstić information content (AvgIpc) is 2.62. The Morgan fingerprint density at radius 2 is 1.92 bits per heavy atom. The molecule has 132 valence electrons. The average molecular weight is 348 g/mol. The Labute approximate surface area is 152 Å². The van der Waals surface area contributed by atoms with Gasteiger partial charge >= 0.3 is 5.97 Å². The number of aryl methyl sites for hydroxylation is 1. The molecule has 0 saturated carbocycles. The SMILES string of the molecule is CCOC(=O)C1=C(C)OC(N)=C(C#N)C1c1ccc(C)c2ccccc12. The molecule has 1 heterocycles. The summed E-state index contributed by atoms with van der Waals surface area (Å²) in [5.74, 6) is -0.750. The van der Waals surface area contributed by atoms with Crippen LogP contribution in [-0.2, 0) is 14.3 Å². The van der Waals surface area contributed by atoms with E-state index in [-0.39, 0.29) is 18.1 Å². The molecule has 3 rings (SSSR count). The lowest BCUT2D eigenvalue weighted by Crippen LogP contribution is -2.25. The summed E-state index contributed by atoms with van der Waals surface area (Å²) in [5, 5.41) is 11.7. The lowest BCUT2D eigenvalue weighted by Gasteiger charge is -2.27. The quantitative estimate of drug-likeness (QED) is 0.853. The van der Waals surface area contributed by atoms with Gasteiger partial charge in [0.2, 0.25) is 5.88 Å². The number of carbonyl (C=O) groups excluding carboxylic acids is 1. The maximum Gasteiger partial charge on any atom is 0.338 e. The largest absolute Gasteiger partial charge is 0.463 e. The van der Waals surface area contributed by atoms with Crippen molar-refractivity contribution in [1.82, 2.24) is 0 Å². The third-order valence-corrected chi connectivity index (χ3v) is 4.59. The third-order valence-electron chi connectivity index (χ3n) is 4.59. The van der Waals surface area contributed by atoms with Crippen molar-refractivity contribution in [2.45, 2.75) is 26.7 Å². The van der Waals surface area contributed by atoms with E-state index in [4.69, 9.17) is 15.2 Å². The number of hydrogen-bond donors (Lipinski definition) is 1. The molecule has 2 aromatic carbocycles. The van der Waals surface area contributed by atoms with Crippen molar-refractivity contribution in [1.29, 1.82) is 5.26 Å². The number of nitriles is 1. The van der Waals surface area contributed by atoms with Gasteiger partial charge in [-0.15, -0.1) is 0 Å². The van der Waals surface area contributed by atoms with E-state index in [2.05, 4.69) is 6.07 Å². The van der Waals surface area contributed by atoms with Crippen LogP contribution in [0.5, 0.6) is 0 Å². The minimum atomic E-state index is -0.627. The number of fused-ring (bicyclic) bond motifs is 1. The first-order valence-corrected chi connectivity index (χ1v) is 8.43. The Kier molecular flexibility index (Phi) is 4.68. The second kappa shape index (κ2) is 6.93. The summed E-state index contributed by atoms with van der Waals surface area (Å²) in [6.45, 7) is 5.66. The number of nitrogens with zero attached hydrogens (tertiary/aromatic N) is 1. The molecular weight excluding hydrogens is 328 g/mol. The molecule has 0 amide bonds. The Morgan fingerprint density at radius 3 is 2.58 bits per heavy atom. The van der Waals surface area contributed by atoms with Crippen molar-refractivity contribution in [3.8, 4) is 6.07 Å². The normalized spacial score (nSPS) is 17.1. The maximum atomic E-state index is 12.6. The zero-order valence-electron chi connectivity index (χ0n) is 15.0. The maximum absolute atomic E-state index is 12.6. The summed E-state index contributed by atoms with van der Waals surface area (Å²) in [6.07, 6.45) is 0. The summed E-state index contributed by atoms with van der Waals surface area (Å²) >= 11 is 0. The molecule has 1 aliphatic rings. The van der Waals surface area contributed by atoms with Gasteiger partial charge in [0, 0.05) is 0 Å². The van der Waals surface area contributed by atoms with Gasteiger partial charge in [0.1, 0.15) is 17.4 Å². The molecule has 5 nitrogen and oxygen atoms in total. The van der Waals surface area contributed by atoms with E-state index in [0.29, 0.717) is 11.3 Å². The zero-order valence-corrected chi connectivity index (χ0v) is 15.0. The van der Waals surface area contributed by atoms with Gasteiger partial charge in [-0.25, -0.2) is 4.79 Å². The van der Waals surface area contributed by atoms with Crippen molar-refractivity contribution >= 4 is 16.7 Å². The fraction of sp³-hybridized carbons (Fsp3) is 0.238. The topological polar surface area (TPSA) is 85.3 Å². The molecule has 0 aliphatic carbocycles. The lowest BCUT2D eigenvalue weighted by atomic mass is 9.80. The number of rotatable bonds is 3. The van der Waals surface area contributed by atoms with Crippen molar-refractivity contribution in [2.75, 3.05) is 6.61 Å². The van der Waals surface area contributed by atoms with Crippen LogP contribution in [0.3, 0.4) is 0 Å². The van der Waals surface area contributed by atoms with E-state index in [9.17, 15) is 10.1 Å². The highest BCUT2D eigenvalue weighted by Gasteiger charge is 2.37. The van der Waals surface area contributed by atoms with Crippen LogP contribution < -0.4 is 5.73 Å². The second-order valence-electron chi connectivity index (χ2n) is 6.13. The molecular formula is C21H20N2O3. The molecule has 5 heteroatoms. The summed E-state index contributed by atoms with van der Waals surface area (Å²) in [4.78, 5) is 12.6. The molecule has 0 fully saturated rings. The predicted molar refractivity (Wildman–Crippen MR) is 98.7 cm³/mol. The van der Waals surface area contributed by atoms with E-state index in [1.807, 2.05) is 43.3 Å². The van der Waals surface area contributed by atoms with Crippen LogP contribution in [0.2, 0.25) is 0 Å². The molecule has 0 bridgehead atoms. The van der Waals surface area contributed by atoms with Crippen LogP contribution >= 0.6 is 0 Å². The first-order chi connectivity index (χ1) is 12.5. The zero-order chi connectivity index (χ0) is 18.8. The smallest absolute Gasteiger partial charge is 0.338 e. The number of benzene rings is 2. The van der Waals surface area contributed by atoms with Crippen molar-refractivity contribution < 1.29 is 14.3 Å². The van der Waals surface area contributed by atoms with E-state index in [0.717, 1.165) is 21.9 Å². The van der Waals surface area contributed by atoms with Gasteiger partial charge < -0.3 is 15.2 Å². The molecule has 0 radical (unpaired) electrons. The number of nitrogens with two attached hydrogens (primary N) is 1. The van der Waals surface area contributed by atoms with Crippen LogP contribution in [0.1, 0.15) is 30.9 Å². The van der Waals surface area contributed by atoms with E-state index >= 15 is 0 Å². The molecule has 2 N–H and O–H groups in total. The number of ether oxygens (including phenoxy) is 2. The van der Waals surface area contributed by atoms with Crippen LogP contribution in [0, 0.1) is 18.3 Å². The molecule has 0 aromatic heterocycles. The van der Waals surface area contributed by atoms with Gasteiger partial charge in [0.05, 0.1) is 18.1 Å². The number of esters is 1. The summed E-state index contributed by atoms with van der Waals surface area (Å²) in [6, 6.07) is 13.9. The highest BCUT2D eigenvalue weighted by atomic mass is 16.5. The van der Waals surface area contributed by atoms with Gasteiger partial charge in [-0.3, -0.25) is 0 Å². The van der Waals surface area contributed by atoms with E-state index in [1.54, 1.807) is 13.8 Å². The van der Waals surface area contributed by atoms with E-state index in [1.165, 1.54) is 0 Å². The van der Waals surface area contributed by atoms with Gasteiger partial charge in [0.15, 0.2) is 0 Å². The monoisotopic (exact) mass is 348 g/mol. The standard InChI is InChI=1S/C21H20N2O3/c1-4-25-21(24)18-13(3)26-20(23)17(11-22)19(18)16-10-9-12(2)14-7-5-6-8-15(14)16/h5-10,19H,4,23H2,1-3H3. The Morgan fingerprint density at radius 1 is 1.23 bits per heavy atom. The van der Waals surface area contributed by atoms with Gasteiger partial charge in [0.25, 0.3) is 0 Å². The summed E-state index contributed by atoms with van der Waals surface area (Å²) in [5.41, 5.74) is 8.44. The van der Waals surface area contributed by atoms with Crippen LogP contribution in [0.25, 0.3) is 10.8 Å². The van der Waals surface area contributed by atoms with Gasteiger partial charge in [-0.1, -0.05) is 36.4 Å². The highest BCUT2D eigenvalue weighted by Crippen LogP contribution is 2.42. The first-order valence-electron chi connectivity index (χ1n) is 8.43. The fourth-order valence-corrected chi connectivity index (χ4v) is 3.39. The molecule has 26 heavy (non-hydrogen) atoms. The highest BCUT2D eigenvalue weighted by molar-refractivity contribution is 5.96. The Bertz CT molecular complexity index is 996. The van der Waals surface area contributed by atoms with Gasteiger partial charge in [-0.2, -0.15) is 5.26 Å². The number of hydrogen-bond acceptors (Lipinski definition) is 5. The van der Waals surface area contributed by atoms with Gasteiger partial charge in [-0.05, 0) is 42.7 Å². The summed E-state index contributed by atoms with van der Waals surface area (Å²) in [7, 11) is 0. The summed E-state index contributed by atoms with van der Waals surface area (Å²) < 4.78 is 10.7. The van der Waals surface area contributed by atoms with E-state index < -0.39 is 11.9 Å². The van der Waals surface area contributed by atoms with Crippen molar-refractivity contribution in [3.63, 3.8) is 0 Å². The Hall–Kier alpha value is -3.26. The van der Waals surface area contributed by atoms with Crippen LogP contribution in [0.4, 0.5) is 0 Å². The first kappa shape index (κ1) is 17.6. The van der Waals surface area contributed by atoms with Crippen molar-refractivity contribution in [2.24, 2.45) is 5.73 Å². The Balaban J connectivity index is 2.31. The molecule has 1 aliphatic heterocycles. The fourth-order valence-electron chi connectivity index (χ4n) is 3.39. The predicted octanol–water partition coefficient (Wildman–Crippen LogP) is 3.79. The molecule has 1 atom stereocenters. The molecule has 2 aromatic rings. The number of allylic oxidation sites excluding steroid dienone is 2. The molecule has 0 saturated heterocycles. The minimum absolute atomic E-state index is 0.0210. The lowest BCUT2D eigenvalue weighted by molar-refractivity contribution is -0.139. The number of carbonyl (C=O) groups is 1. The van der Waals surface area contributed by atoms with Crippen molar-refractivity contribution in [3.05, 3.63) is 70.3 Å². The minimum Gasteiger partial charge on any atom is -0.463 e. The second-order valence-corrected chi connectivity index (χ2v) is 6.13.